The second-order valence-electron chi connectivity index (χ2n) is 5.03. The van der Waals surface area contributed by atoms with Crippen LogP contribution < -0.4 is 16.0 Å². The van der Waals surface area contributed by atoms with E-state index in [1.165, 1.54) is 19.3 Å². The van der Waals surface area contributed by atoms with Crippen molar-refractivity contribution in [3.05, 3.63) is 0 Å². The molecule has 0 aliphatic carbocycles. The van der Waals surface area contributed by atoms with E-state index in [-0.39, 0.29) is 5.95 Å². The maximum atomic E-state index is 5.78. The normalized spacial score (nSPS) is 12.2. The summed E-state index contributed by atoms with van der Waals surface area (Å²) < 4.78 is 0. The summed E-state index contributed by atoms with van der Waals surface area (Å²) in [6.07, 6.45) is 4.82. The molecule has 1 unspecified atom stereocenters. The predicted molar refractivity (Wildman–Crippen MR) is 85.0 cm³/mol. The van der Waals surface area contributed by atoms with Gasteiger partial charge in [-0.1, -0.05) is 26.2 Å². The van der Waals surface area contributed by atoms with Crippen LogP contribution in [0.2, 0.25) is 0 Å². The molecule has 1 atom stereocenters. The number of unbranched alkanes of at least 4 members (excludes halogenated alkanes) is 2. The van der Waals surface area contributed by atoms with Crippen LogP contribution >= 0.6 is 0 Å². The molecule has 0 amide bonds. The average Bonchev–Trinajstić information content (AvgIpc) is 2.39. The highest BCUT2D eigenvalue weighted by atomic mass is 15.3. The van der Waals surface area contributed by atoms with Gasteiger partial charge in [-0.15, -0.1) is 0 Å². The molecule has 0 aromatic carbocycles. The molecule has 114 valence electrons. The number of rotatable bonds is 9. The molecule has 0 saturated carbocycles. The van der Waals surface area contributed by atoms with E-state index in [0.29, 0.717) is 17.9 Å². The quantitative estimate of drug-likeness (QED) is 0.677. The zero-order chi connectivity index (χ0) is 15.0. The standard InChI is InChI=1S/C14H28N6/c1-5-8-9-10-11(4)16-13-17-12(15)18-14(19-13)20(6-2)7-3/h11H,5-10H2,1-4H3,(H3,15,16,17,18,19). The van der Waals surface area contributed by atoms with E-state index in [9.17, 15) is 0 Å². The molecular weight excluding hydrogens is 252 g/mol. The minimum absolute atomic E-state index is 0.269. The average molecular weight is 280 g/mol. The SMILES string of the molecule is CCCCCC(C)Nc1nc(N)nc(N(CC)CC)n1. The molecule has 1 aromatic rings. The van der Waals surface area contributed by atoms with Crippen LogP contribution in [0, 0.1) is 0 Å². The highest BCUT2D eigenvalue weighted by Gasteiger charge is 2.11. The van der Waals surface area contributed by atoms with Gasteiger partial charge in [-0.2, -0.15) is 15.0 Å². The van der Waals surface area contributed by atoms with Crippen LogP contribution in [0.3, 0.4) is 0 Å². The van der Waals surface area contributed by atoms with Gasteiger partial charge in [-0.05, 0) is 27.2 Å². The van der Waals surface area contributed by atoms with E-state index in [1.807, 2.05) is 0 Å². The first kappa shape index (κ1) is 16.5. The number of aromatic nitrogens is 3. The van der Waals surface area contributed by atoms with Crippen LogP contribution in [-0.4, -0.2) is 34.1 Å². The topological polar surface area (TPSA) is 80.0 Å². The molecule has 0 spiro atoms. The first-order valence-corrected chi connectivity index (χ1v) is 7.63. The zero-order valence-electron chi connectivity index (χ0n) is 13.2. The fraction of sp³-hybridized carbons (Fsp3) is 0.786. The Hall–Kier alpha value is -1.59. The number of nitrogens with two attached hydrogens (primary N) is 1. The maximum absolute atomic E-state index is 5.78. The molecule has 1 aromatic heterocycles. The van der Waals surface area contributed by atoms with Crippen molar-refractivity contribution in [1.29, 1.82) is 0 Å². The minimum atomic E-state index is 0.269. The summed E-state index contributed by atoms with van der Waals surface area (Å²) in [6.45, 7) is 10.2. The van der Waals surface area contributed by atoms with E-state index < -0.39 is 0 Å². The first-order valence-electron chi connectivity index (χ1n) is 7.63. The third kappa shape index (κ3) is 5.19. The van der Waals surface area contributed by atoms with Crippen LogP contribution in [0.25, 0.3) is 0 Å². The number of nitrogens with zero attached hydrogens (tertiary/aromatic N) is 4. The Bertz CT molecular complexity index is 391. The fourth-order valence-corrected chi connectivity index (χ4v) is 2.09. The zero-order valence-corrected chi connectivity index (χ0v) is 13.2. The van der Waals surface area contributed by atoms with Crippen molar-refractivity contribution >= 4 is 17.8 Å². The van der Waals surface area contributed by atoms with E-state index in [1.54, 1.807) is 0 Å². The Morgan fingerprint density at radius 3 is 2.40 bits per heavy atom. The minimum Gasteiger partial charge on any atom is -0.368 e. The molecule has 0 aliphatic heterocycles. The Balaban J connectivity index is 2.70. The number of anilines is 3. The lowest BCUT2D eigenvalue weighted by atomic mass is 10.1. The Morgan fingerprint density at radius 1 is 1.10 bits per heavy atom. The lowest BCUT2D eigenvalue weighted by Gasteiger charge is -2.20. The Labute approximate surface area is 122 Å². The summed E-state index contributed by atoms with van der Waals surface area (Å²) in [5.74, 6) is 1.49. The maximum Gasteiger partial charge on any atom is 0.231 e. The van der Waals surface area contributed by atoms with Gasteiger partial charge in [0, 0.05) is 19.1 Å². The fourth-order valence-electron chi connectivity index (χ4n) is 2.09. The van der Waals surface area contributed by atoms with Crippen LogP contribution in [0.4, 0.5) is 17.8 Å². The third-order valence-corrected chi connectivity index (χ3v) is 3.30. The van der Waals surface area contributed by atoms with Crippen molar-refractivity contribution in [3.8, 4) is 0 Å². The molecule has 3 N–H and O–H groups in total. The van der Waals surface area contributed by atoms with E-state index in [0.717, 1.165) is 19.5 Å². The lowest BCUT2D eigenvalue weighted by Crippen LogP contribution is -2.26. The van der Waals surface area contributed by atoms with Crippen LogP contribution in [0.5, 0.6) is 0 Å². The van der Waals surface area contributed by atoms with Gasteiger partial charge in [0.1, 0.15) is 0 Å². The molecule has 0 bridgehead atoms. The number of hydrogen-bond donors (Lipinski definition) is 2. The van der Waals surface area contributed by atoms with Gasteiger partial charge in [0.2, 0.25) is 17.8 Å². The highest BCUT2D eigenvalue weighted by Crippen LogP contribution is 2.13. The molecule has 0 radical (unpaired) electrons. The van der Waals surface area contributed by atoms with Crippen molar-refractivity contribution in [2.24, 2.45) is 0 Å². The smallest absolute Gasteiger partial charge is 0.231 e. The van der Waals surface area contributed by atoms with Crippen molar-refractivity contribution in [1.82, 2.24) is 15.0 Å². The summed E-state index contributed by atoms with van der Waals surface area (Å²) in [6, 6.07) is 0.341. The van der Waals surface area contributed by atoms with Gasteiger partial charge in [0.25, 0.3) is 0 Å². The highest BCUT2D eigenvalue weighted by molar-refractivity contribution is 5.42. The molecule has 1 heterocycles. The van der Waals surface area contributed by atoms with Crippen LogP contribution in [0.1, 0.15) is 53.4 Å². The third-order valence-electron chi connectivity index (χ3n) is 3.30. The van der Waals surface area contributed by atoms with Crippen molar-refractivity contribution in [2.75, 3.05) is 29.0 Å². The van der Waals surface area contributed by atoms with Crippen molar-refractivity contribution in [2.45, 2.75) is 59.4 Å². The van der Waals surface area contributed by atoms with Gasteiger partial charge in [-0.25, -0.2) is 0 Å². The summed E-state index contributed by atoms with van der Waals surface area (Å²) in [7, 11) is 0. The molecule has 0 aliphatic rings. The molecule has 1 rings (SSSR count). The monoisotopic (exact) mass is 280 g/mol. The molecule has 0 fully saturated rings. The summed E-state index contributed by atoms with van der Waals surface area (Å²) in [4.78, 5) is 14.9. The second-order valence-corrected chi connectivity index (χ2v) is 5.03. The van der Waals surface area contributed by atoms with E-state index in [4.69, 9.17) is 5.73 Å². The lowest BCUT2D eigenvalue weighted by molar-refractivity contribution is 0.611. The second kappa shape index (κ2) is 8.55. The van der Waals surface area contributed by atoms with E-state index in [2.05, 4.69) is 52.9 Å². The number of hydrogen-bond acceptors (Lipinski definition) is 6. The van der Waals surface area contributed by atoms with Crippen molar-refractivity contribution < 1.29 is 0 Å². The van der Waals surface area contributed by atoms with E-state index >= 15 is 0 Å². The predicted octanol–water partition coefficient (Wildman–Crippen LogP) is 2.68. The van der Waals surface area contributed by atoms with Crippen LogP contribution in [-0.2, 0) is 0 Å². The molecule has 20 heavy (non-hydrogen) atoms. The summed E-state index contributed by atoms with van der Waals surface area (Å²) >= 11 is 0. The van der Waals surface area contributed by atoms with Gasteiger partial charge >= 0.3 is 0 Å². The van der Waals surface area contributed by atoms with Gasteiger partial charge < -0.3 is 16.0 Å². The van der Waals surface area contributed by atoms with Gasteiger partial charge in [0.15, 0.2) is 0 Å². The summed E-state index contributed by atoms with van der Waals surface area (Å²) in [5.41, 5.74) is 5.78. The molecule has 0 saturated heterocycles. The molecular formula is C14H28N6. The first-order chi connectivity index (χ1) is 9.60. The number of nitrogens with one attached hydrogen (secondary N) is 1. The van der Waals surface area contributed by atoms with Gasteiger partial charge in [-0.3, -0.25) is 0 Å². The summed E-state index contributed by atoms with van der Waals surface area (Å²) in [5, 5.41) is 3.32. The molecule has 6 nitrogen and oxygen atoms in total. The molecule has 6 heteroatoms. The Morgan fingerprint density at radius 2 is 1.80 bits per heavy atom. The Kier molecular flexibility index (Phi) is 7.04. The van der Waals surface area contributed by atoms with Crippen molar-refractivity contribution in [3.63, 3.8) is 0 Å². The largest absolute Gasteiger partial charge is 0.368 e. The van der Waals surface area contributed by atoms with Crippen LogP contribution in [0.15, 0.2) is 0 Å². The van der Waals surface area contributed by atoms with Gasteiger partial charge in [0.05, 0.1) is 0 Å². The number of nitrogen functional groups attached to an aromatic ring is 1.